The lowest BCUT2D eigenvalue weighted by Gasteiger charge is -2.22. The van der Waals surface area contributed by atoms with Crippen LogP contribution >= 0.6 is 0 Å². The fourth-order valence-corrected chi connectivity index (χ4v) is 2.47. The van der Waals surface area contributed by atoms with E-state index in [9.17, 15) is 14.7 Å². The summed E-state index contributed by atoms with van der Waals surface area (Å²) < 4.78 is 5.16. The average Bonchev–Trinajstić information content (AvgIpc) is 2.53. The molecule has 1 unspecified atom stereocenters. The first-order chi connectivity index (χ1) is 11.8. The van der Waals surface area contributed by atoms with Crippen molar-refractivity contribution >= 4 is 12.1 Å². The summed E-state index contributed by atoms with van der Waals surface area (Å²) in [4.78, 5) is 23.5. The van der Waals surface area contributed by atoms with Gasteiger partial charge in [0.15, 0.2) is 0 Å². The Morgan fingerprint density at radius 1 is 1.04 bits per heavy atom. The van der Waals surface area contributed by atoms with Crippen molar-refractivity contribution < 1.29 is 19.4 Å². The second-order valence-electron chi connectivity index (χ2n) is 6.76. The van der Waals surface area contributed by atoms with Crippen LogP contribution in [0.5, 0.6) is 0 Å². The van der Waals surface area contributed by atoms with Gasteiger partial charge in [-0.2, -0.15) is 0 Å². The molecule has 5 nitrogen and oxygen atoms in total. The third kappa shape index (κ3) is 5.64. The molecule has 0 aliphatic carbocycles. The molecule has 132 valence electrons. The molecule has 2 aromatic carbocycles. The standard InChI is InChI=1S/C20H23NO4/c1-20(2,3)25-19(24)21-17(18(22)23)13-15-11-7-8-12-16(15)14-9-5-4-6-10-14/h4-12,17H,13H2,1-3H3,(H,21,24)(H,22,23). The van der Waals surface area contributed by atoms with Crippen LogP contribution in [-0.4, -0.2) is 28.8 Å². The minimum absolute atomic E-state index is 0.166. The lowest BCUT2D eigenvalue weighted by atomic mass is 9.95. The fourth-order valence-electron chi connectivity index (χ4n) is 2.47. The molecule has 25 heavy (non-hydrogen) atoms. The van der Waals surface area contributed by atoms with Gasteiger partial charge in [-0.25, -0.2) is 9.59 Å². The zero-order chi connectivity index (χ0) is 18.4. The summed E-state index contributed by atoms with van der Waals surface area (Å²) in [6, 6.07) is 16.2. The van der Waals surface area contributed by atoms with Gasteiger partial charge in [-0.05, 0) is 37.5 Å². The quantitative estimate of drug-likeness (QED) is 0.865. The Morgan fingerprint density at radius 2 is 1.64 bits per heavy atom. The number of ether oxygens (including phenoxy) is 1. The molecular weight excluding hydrogens is 318 g/mol. The highest BCUT2D eigenvalue weighted by molar-refractivity contribution is 5.81. The van der Waals surface area contributed by atoms with Gasteiger partial charge in [0, 0.05) is 6.42 Å². The monoisotopic (exact) mass is 341 g/mol. The predicted octanol–water partition coefficient (Wildman–Crippen LogP) is 3.87. The summed E-state index contributed by atoms with van der Waals surface area (Å²) in [5.41, 5.74) is 2.10. The zero-order valence-corrected chi connectivity index (χ0v) is 14.7. The predicted molar refractivity (Wildman–Crippen MR) is 96.4 cm³/mol. The van der Waals surface area contributed by atoms with Gasteiger partial charge in [0.2, 0.25) is 0 Å². The number of aliphatic carboxylic acids is 1. The van der Waals surface area contributed by atoms with E-state index in [-0.39, 0.29) is 6.42 Å². The SMILES string of the molecule is CC(C)(C)OC(=O)NC(Cc1ccccc1-c1ccccc1)C(=O)O. The molecule has 2 N–H and O–H groups in total. The molecule has 0 heterocycles. The van der Waals surface area contributed by atoms with Crippen molar-refractivity contribution in [2.45, 2.75) is 38.8 Å². The van der Waals surface area contributed by atoms with Crippen LogP contribution in [0.4, 0.5) is 4.79 Å². The fraction of sp³-hybridized carbons (Fsp3) is 0.300. The molecule has 1 atom stereocenters. The van der Waals surface area contributed by atoms with E-state index in [1.165, 1.54) is 0 Å². The Hall–Kier alpha value is -2.82. The van der Waals surface area contributed by atoms with Gasteiger partial charge in [-0.1, -0.05) is 54.6 Å². The van der Waals surface area contributed by atoms with Crippen molar-refractivity contribution in [2.75, 3.05) is 0 Å². The molecule has 0 aliphatic heterocycles. The number of hydrogen-bond donors (Lipinski definition) is 2. The molecule has 0 aromatic heterocycles. The molecule has 2 rings (SSSR count). The van der Waals surface area contributed by atoms with Crippen molar-refractivity contribution in [1.29, 1.82) is 0 Å². The van der Waals surface area contributed by atoms with E-state index in [0.717, 1.165) is 16.7 Å². The van der Waals surface area contributed by atoms with Crippen molar-refractivity contribution in [3.8, 4) is 11.1 Å². The van der Waals surface area contributed by atoms with Gasteiger partial charge in [0.1, 0.15) is 11.6 Å². The van der Waals surface area contributed by atoms with Crippen LogP contribution in [-0.2, 0) is 16.0 Å². The highest BCUT2D eigenvalue weighted by Crippen LogP contribution is 2.24. The second kappa shape index (κ2) is 7.83. The summed E-state index contributed by atoms with van der Waals surface area (Å²) in [7, 11) is 0. The normalized spacial score (nSPS) is 12.3. The topological polar surface area (TPSA) is 75.6 Å². The summed E-state index contributed by atoms with van der Waals surface area (Å²) in [5, 5.41) is 11.9. The van der Waals surface area contributed by atoms with Crippen LogP contribution in [0.1, 0.15) is 26.3 Å². The maximum absolute atomic E-state index is 11.9. The Bertz CT molecular complexity index is 735. The van der Waals surface area contributed by atoms with Crippen LogP contribution in [0.25, 0.3) is 11.1 Å². The van der Waals surface area contributed by atoms with E-state index in [0.29, 0.717) is 0 Å². The number of alkyl carbamates (subject to hydrolysis) is 1. The number of carbonyl (C=O) groups excluding carboxylic acids is 1. The van der Waals surface area contributed by atoms with E-state index in [1.54, 1.807) is 20.8 Å². The molecule has 2 aromatic rings. The van der Waals surface area contributed by atoms with Crippen LogP contribution in [0.15, 0.2) is 54.6 Å². The molecule has 0 radical (unpaired) electrons. The number of benzene rings is 2. The maximum Gasteiger partial charge on any atom is 0.408 e. The number of carboxylic acids is 1. The minimum Gasteiger partial charge on any atom is -0.480 e. The summed E-state index contributed by atoms with van der Waals surface area (Å²) in [6.45, 7) is 5.19. The highest BCUT2D eigenvalue weighted by atomic mass is 16.6. The van der Waals surface area contributed by atoms with Crippen LogP contribution in [0, 0.1) is 0 Å². The highest BCUT2D eigenvalue weighted by Gasteiger charge is 2.25. The first-order valence-electron chi connectivity index (χ1n) is 8.12. The van der Waals surface area contributed by atoms with Gasteiger partial charge in [0.05, 0.1) is 0 Å². The smallest absolute Gasteiger partial charge is 0.408 e. The van der Waals surface area contributed by atoms with Gasteiger partial charge >= 0.3 is 12.1 Å². The first kappa shape index (κ1) is 18.5. The number of hydrogen-bond acceptors (Lipinski definition) is 3. The summed E-state index contributed by atoms with van der Waals surface area (Å²) in [6.07, 6.45) is -0.572. The Balaban J connectivity index is 2.21. The van der Waals surface area contributed by atoms with Crippen LogP contribution in [0.3, 0.4) is 0 Å². The molecule has 0 saturated carbocycles. The summed E-state index contributed by atoms with van der Waals surface area (Å²) >= 11 is 0. The molecule has 0 spiro atoms. The zero-order valence-electron chi connectivity index (χ0n) is 14.7. The minimum atomic E-state index is -1.10. The van der Waals surface area contributed by atoms with E-state index in [4.69, 9.17) is 4.74 Å². The number of amides is 1. The number of rotatable bonds is 5. The molecular formula is C20H23NO4. The third-order valence-electron chi connectivity index (χ3n) is 3.52. The molecule has 1 amide bonds. The van der Waals surface area contributed by atoms with Crippen LogP contribution < -0.4 is 5.32 Å². The van der Waals surface area contributed by atoms with Gasteiger partial charge < -0.3 is 15.2 Å². The molecule has 0 aliphatic rings. The lowest BCUT2D eigenvalue weighted by Crippen LogP contribution is -2.44. The molecule has 0 bridgehead atoms. The number of nitrogens with one attached hydrogen (secondary N) is 1. The number of carboxylic acid groups (broad SMARTS) is 1. The lowest BCUT2D eigenvalue weighted by molar-refractivity contribution is -0.139. The van der Waals surface area contributed by atoms with E-state index in [1.807, 2.05) is 54.6 Å². The van der Waals surface area contributed by atoms with E-state index < -0.39 is 23.7 Å². The Morgan fingerprint density at radius 3 is 2.24 bits per heavy atom. The largest absolute Gasteiger partial charge is 0.480 e. The van der Waals surface area contributed by atoms with Crippen molar-refractivity contribution in [1.82, 2.24) is 5.32 Å². The van der Waals surface area contributed by atoms with E-state index >= 15 is 0 Å². The molecule has 0 fully saturated rings. The average molecular weight is 341 g/mol. The Kier molecular flexibility index (Phi) is 5.80. The van der Waals surface area contributed by atoms with Gasteiger partial charge in [-0.3, -0.25) is 0 Å². The van der Waals surface area contributed by atoms with Crippen molar-refractivity contribution in [2.24, 2.45) is 0 Å². The first-order valence-corrected chi connectivity index (χ1v) is 8.12. The van der Waals surface area contributed by atoms with Crippen LogP contribution in [0.2, 0.25) is 0 Å². The molecule has 5 heteroatoms. The maximum atomic E-state index is 11.9. The molecule has 0 saturated heterocycles. The summed E-state index contributed by atoms with van der Waals surface area (Å²) in [5.74, 6) is -1.10. The second-order valence-corrected chi connectivity index (χ2v) is 6.76. The third-order valence-corrected chi connectivity index (χ3v) is 3.52. The van der Waals surface area contributed by atoms with Crippen molar-refractivity contribution in [3.63, 3.8) is 0 Å². The van der Waals surface area contributed by atoms with Crippen molar-refractivity contribution in [3.05, 3.63) is 60.2 Å². The number of carbonyl (C=O) groups is 2. The van der Waals surface area contributed by atoms with Gasteiger partial charge in [0.25, 0.3) is 0 Å². The Labute approximate surface area is 147 Å². The van der Waals surface area contributed by atoms with E-state index in [2.05, 4.69) is 5.32 Å². The van der Waals surface area contributed by atoms with Gasteiger partial charge in [-0.15, -0.1) is 0 Å².